The summed E-state index contributed by atoms with van der Waals surface area (Å²) >= 11 is 5.69. The van der Waals surface area contributed by atoms with Gasteiger partial charge in [-0.2, -0.15) is 0 Å². The van der Waals surface area contributed by atoms with Gasteiger partial charge in [0.1, 0.15) is 12.2 Å². The molecule has 2 aliphatic rings. The van der Waals surface area contributed by atoms with Gasteiger partial charge in [0.2, 0.25) is 0 Å². The summed E-state index contributed by atoms with van der Waals surface area (Å²) < 4.78 is 11.7. The van der Waals surface area contributed by atoms with Gasteiger partial charge in [0.05, 0.1) is 18.5 Å². The van der Waals surface area contributed by atoms with Crippen molar-refractivity contribution in [3.05, 3.63) is 125 Å². The topological polar surface area (TPSA) is 79.4 Å². The van der Waals surface area contributed by atoms with E-state index in [0.717, 1.165) is 31.5 Å². The van der Waals surface area contributed by atoms with Gasteiger partial charge in [-0.15, -0.1) is 0 Å². The molecule has 0 bridgehead atoms. The maximum atomic E-state index is 13.8. The zero-order valence-electron chi connectivity index (χ0n) is 25.4. The van der Waals surface area contributed by atoms with Gasteiger partial charge in [-0.05, 0) is 97.2 Å². The zero-order chi connectivity index (χ0) is 32.0. The number of hydrogen-bond donors (Lipinski definition) is 0. The number of rotatable bonds is 8. The normalized spacial score (nSPS) is 15.2. The summed E-state index contributed by atoms with van der Waals surface area (Å²) in [6.07, 6.45) is 4.82. The van der Waals surface area contributed by atoms with Gasteiger partial charge in [0.15, 0.2) is 16.6 Å². The molecule has 46 heavy (non-hydrogen) atoms. The van der Waals surface area contributed by atoms with Crippen LogP contribution in [0.4, 0.5) is 11.4 Å². The number of amides is 3. The van der Waals surface area contributed by atoms with Crippen LogP contribution in [0.2, 0.25) is 0 Å². The Morgan fingerprint density at radius 1 is 0.761 bits per heavy atom. The lowest BCUT2D eigenvalue weighted by molar-refractivity contribution is -0.120. The second-order valence-corrected chi connectivity index (χ2v) is 11.4. The Bertz CT molecular complexity index is 1720. The van der Waals surface area contributed by atoms with Crippen molar-refractivity contribution in [2.45, 2.75) is 25.9 Å². The van der Waals surface area contributed by atoms with Crippen LogP contribution in [0.15, 0.2) is 109 Å². The number of carbonyl (C=O) groups is 3. The molecule has 0 spiro atoms. The third-order valence-electron chi connectivity index (χ3n) is 8.02. The highest BCUT2D eigenvalue weighted by molar-refractivity contribution is 7.81. The summed E-state index contributed by atoms with van der Waals surface area (Å²) in [6, 6.07) is 30.7. The molecule has 2 fully saturated rings. The minimum Gasteiger partial charge on any atom is -0.493 e. The van der Waals surface area contributed by atoms with E-state index in [1.165, 1.54) is 23.3 Å². The minimum absolute atomic E-state index is 0.0452. The van der Waals surface area contributed by atoms with Crippen molar-refractivity contribution in [3.63, 3.8) is 0 Å². The maximum Gasteiger partial charge on any atom is 0.270 e. The van der Waals surface area contributed by atoms with Crippen LogP contribution in [0.5, 0.6) is 11.5 Å². The monoisotopic (exact) mass is 631 g/mol. The van der Waals surface area contributed by atoms with E-state index >= 15 is 0 Å². The largest absolute Gasteiger partial charge is 0.493 e. The molecule has 3 amide bonds. The van der Waals surface area contributed by atoms with Crippen LogP contribution < -0.4 is 19.3 Å². The first-order valence-corrected chi connectivity index (χ1v) is 15.6. The fourth-order valence-corrected chi connectivity index (χ4v) is 5.96. The first kappa shape index (κ1) is 30.7. The van der Waals surface area contributed by atoms with Gasteiger partial charge < -0.3 is 14.4 Å². The average molecular weight is 632 g/mol. The summed E-state index contributed by atoms with van der Waals surface area (Å²) in [5.74, 6) is -0.0337. The molecule has 0 saturated carbocycles. The fourth-order valence-electron chi connectivity index (χ4n) is 5.58. The van der Waals surface area contributed by atoms with Crippen molar-refractivity contribution in [3.8, 4) is 11.5 Å². The number of carbonyl (C=O) groups excluding carboxylic acids is 3. The highest BCUT2D eigenvalue weighted by Crippen LogP contribution is 2.33. The molecule has 232 valence electrons. The second-order valence-electron chi connectivity index (χ2n) is 11.0. The number of methoxy groups -OCH3 is 1. The molecular formula is C37H33N3O5S. The molecule has 6 rings (SSSR count). The molecule has 0 atom stereocenters. The number of thiocarbonyl (C=S) groups is 1. The molecule has 0 N–H and O–H groups in total. The fraction of sp³-hybridized carbons (Fsp3) is 0.189. The second kappa shape index (κ2) is 13.8. The zero-order valence-corrected chi connectivity index (χ0v) is 26.2. The predicted octanol–water partition coefficient (Wildman–Crippen LogP) is 6.65. The van der Waals surface area contributed by atoms with E-state index in [4.69, 9.17) is 21.7 Å². The van der Waals surface area contributed by atoms with Crippen LogP contribution in [-0.2, 0) is 16.2 Å². The van der Waals surface area contributed by atoms with E-state index < -0.39 is 11.8 Å². The maximum absolute atomic E-state index is 13.8. The van der Waals surface area contributed by atoms with Gasteiger partial charge in [0.25, 0.3) is 17.7 Å². The van der Waals surface area contributed by atoms with Crippen LogP contribution in [0, 0.1) is 0 Å². The van der Waals surface area contributed by atoms with Gasteiger partial charge in [0, 0.05) is 18.7 Å². The third-order valence-corrected chi connectivity index (χ3v) is 8.38. The van der Waals surface area contributed by atoms with Crippen molar-refractivity contribution in [1.29, 1.82) is 0 Å². The van der Waals surface area contributed by atoms with E-state index in [9.17, 15) is 14.4 Å². The molecule has 2 saturated heterocycles. The number of nitrogens with zero attached hydrogens (tertiary/aromatic N) is 3. The molecule has 0 unspecified atom stereocenters. The number of hydrogen-bond acceptors (Lipinski definition) is 6. The number of anilines is 2. The number of ether oxygens (including phenoxy) is 2. The van der Waals surface area contributed by atoms with Crippen LogP contribution in [-0.4, -0.2) is 47.9 Å². The highest BCUT2D eigenvalue weighted by atomic mass is 32.1. The molecule has 0 aliphatic carbocycles. The molecular weight excluding hydrogens is 598 g/mol. The molecule has 8 nitrogen and oxygen atoms in total. The van der Waals surface area contributed by atoms with Gasteiger partial charge in [-0.25, -0.2) is 0 Å². The SMILES string of the molecule is COc1cc(C=C2C(=O)N(c3ccccc3)C(=S)N(c3ccccc3)C2=O)ccc1OCc1ccc(C(=O)N2CCCCC2)cc1. The van der Waals surface area contributed by atoms with Crippen molar-refractivity contribution in [2.75, 3.05) is 30.0 Å². The minimum atomic E-state index is -0.519. The number of benzene rings is 4. The molecule has 4 aromatic rings. The lowest BCUT2D eigenvalue weighted by Gasteiger charge is -2.36. The van der Waals surface area contributed by atoms with Crippen LogP contribution in [0.25, 0.3) is 6.08 Å². The first-order valence-electron chi connectivity index (χ1n) is 15.2. The Labute approximate surface area is 273 Å². The third kappa shape index (κ3) is 6.41. The summed E-state index contributed by atoms with van der Waals surface area (Å²) in [4.78, 5) is 45.1. The Kier molecular flexibility index (Phi) is 9.21. The van der Waals surface area contributed by atoms with Crippen molar-refractivity contribution < 1.29 is 23.9 Å². The molecule has 9 heteroatoms. The number of piperidine rings is 1. The Morgan fingerprint density at radius 3 is 1.91 bits per heavy atom. The molecule has 2 heterocycles. The molecule has 2 aliphatic heterocycles. The van der Waals surface area contributed by atoms with E-state index in [-0.39, 0.29) is 23.2 Å². The van der Waals surface area contributed by atoms with E-state index in [1.54, 1.807) is 48.5 Å². The summed E-state index contributed by atoms with van der Waals surface area (Å²) in [5.41, 5.74) is 3.22. The van der Waals surface area contributed by atoms with Crippen molar-refractivity contribution in [1.82, 2.24) is 4.90 Å². The van der Waals surface area contributed by atoms with E-state index in [0.29, 0.717) is 34.0 Å². The number of likely N-dealkylation sites (tertiary alicyclic amines) is 1. The molecule has 0 aromatic heterocycles. The van der Waals surface area contributed by atoms with Gasteiger partial charge in [-0.1, -0.05) is 54.6 Å². The number of para-hydroxylation sites is 2. The first-order chi connectivity index (χ1) is 22.4. The Balaban J connectivity index is 1.23. The summed E-state index contributed by atoms with van der Waals surface area (Å²) in [6.45, 7) is 1.88. The van der Waals surface area contributed by atoms with Gasteiger partial charge >= 0.3 is 0 Å². The van der Waals surface area contributed by atoms with Crippen molar-refractivity contribution in [2.24, 2.45) is 0 Å². The van der Waals surface area contributed by atoms with Gasteiger partial charge in [-0.3, -0.25) is 24.2 Å². The lowest BCUT2D eigenvalue weighted by Crippen LogP contribution is -2.56. The predicted molar refractivity (Wildman–Crippen MR) is 182 cm³/mol. The molecule has 0 radical (unpaired) electrons. The average Bonchev–Trinajstić information content (AvgIpc) is 3.10. The summed E-state index contributed by atoms with van der Waals surface area (Å²) in [7, 11) is 1.53. The van der Waals surface area contributed by atoms with Crippen molar-refractivity contribution >= 4 is 52.5 Å². The quantitative estimate of drug-likeness (QED) is 0.123. The summed E-state index contributed by atoms with van der Waals surface area (Å²) in [5, 5.41) is 0.0785. The van der Waals surface area contributed by atoms with Crippen LogP contribution >= 0.6 is 12.2 Å². The smallest absolute Gasteiger partial charge is 0.270 e. The standard InChI is InChI=1S/C37H33N3O5S/c1-44-33-24-27(17-20-32(33)45-25-26-15-18-28(19-16-26)34(41)38-21-9-4-10-22-38)23-31-35(42)39(29-11-5-2-6-12-29)37(46)40(36(31)43)30-13-7-3-8-14-30/h2-3,5-8,11-20,23-24H,4,9-10,21-22,25H2,1H3. The van der Waals surface area contributed by atoms with Crippen LogP contribution in [0.1, 0.15) is 40.7 Å². The Morgan fingerprint density at radius 2 is 1.35 bits per heavy atom. The highest BCUT2D eigenvalue weighted by Gasteiger charge is 2.41. The van der Waals surface area contributed by atoms with E-state index in [2.05, 4.69) is 0 Å². The van der Waals surface area contributed by atoms with Crippen LogP contribution in [0.3, 0.4) is 0 Å². The molecule has 4 aromatic carbocycles. The lowest BCUT2D eigenvalue weighted by atomic mass is 10.0. The Hall–Kier alpha value is -5.28. The van der Waals surface area contributed by atoms with E-state index in [1.807, 2.05) is 65.6 Å².